The van der Waals surface area contributed by atoms with Gasteiger partial charge in [0.2, 0.25) is 0 Å². The molecule has 0 saturated carbocycles. The Kier molecular flexibility index (Phi) is 5.07. The second-order valence-corrected chi connectivity index (χ2v) is 10.0. The quantitative estimate of drug-likeness (QED) is 0.448. The summed E-state index contributed by atoms with van der Waals surface area (Å²) in [7, 11) is 0. The number of amides is 1. The summed E-state index contributed by atoms with van der Waals surface area (Å²) < 4.78 is 0. The molecular weight excluding hydrogens is 420 g/mol. The second-order valence-electron chi connectivity index (χ2n) is 6.90. The van der Waals surface area contributed by atoms with Gasteiger partial charge >= 0.3 is 0 Å². The average molecular weight is 441 g/mol. The van der Waals surface area contributed by atoms with Crippen LogP contribution in [0.3, 0.4) is 0 Å². The van der Waals surface area contributed by atoms with E-state index in [1.165, 1.54) is 9.75 Å². The van der Waals surface area contributed by atoms with Crippen molar-refractivity contribution < 1.29 is 4.79 Å². The van der Waals surface area contributed by atoms with Crippen LogP contribution in [-0.2, 0) is 6.42 Å². The van der Waals surface area contributed by atoms with Gasteiger partial charge in [-0.2, -0.15) is 0 Å². The molecule has 5 rings (SSSR count). The van der Waals surface area contributed by atoms with Gasteiger partial charge in [-0.15, -0.1) is 34.0 Å². The Morgan fingerprint density at radius 2 is 1.93 bits per heavy atom. The molecule has 1 saturated heterocycles. The Morgan fingerprint density at radius 3 is 2.69 bits per heavy atom. The molecule has 0 aliphatic carbocycles. The van der Waals surface area contributed by atoms with Gasteiger partial charge in [-0.1, -0.05) is 13.0 Å². The Bertz CT molecular complexity index is 1140. The van der Waals surface area contributed by atoms with E-state index in [4.69, 9.17) is 0 Å². The summed E-state index contributed by atoms with van der Waals surface area (Å²) in [6.45, 7) is 5.16. The van der Waals surface area contributed by atoms with E-state index < -0.39 is 0 Å². The largest absolute Gasteiger partial charge is 0.352 e. The summed E-state index contributed by atoms with van der Waals surface area (Å²) >= 11 is 5.03. The molecule has 0 spiro atoms. The standard InChI is InChI=1S/C21H20N4OS3/c1-2-14-12-15-19(22-13-23-20(15)28-14)24-7-9-25(10-8-24)21(26)18-6-5-17(29-18)16-4-3-11-27-16/h3-6,11-13H,2,7-10H2,1H3. The first-order chi connectivity index (χ1) is 14.2. The SMILES string of the molecule is CCc1cc2c(N3CCN(C(=O)c4ccc(-c5cccs5)s4)CC3)ncnc2s1. The Labute approximate surface area is 181 Å². The topological polar surface area (TPSA) is 49.3 Å². The minimum Gasteiger partial charge on any atom is -0.352 e. The number of aromatic nitrogens is 2. The number of aryl methyl sites for hydroxylation is 1. The number of hydrogen-bond donors (Lipinski definition) is 0. The highest BCUT2D eigenvalue weighted by Gasteiger charge is 2.25. The zero-order valence-corrected chi connectivity index (χ0v) is 18.4. The molecule has 0 unspecified atom stereocenters. The van der Waals surface area contributed by atoms with E-state index in [0.717, 1.165) is 45.3 Å². The fraction of sp³-hybridized carbons (Fsp3) is 0.286. The van der Waals surface area contributed by atoms with Crippen molar-refractivity contribution in [2.24, 2.45) is 0 Å². The molecule has 0 bridgehead atoms. The van der Waals surface area contributed by atoms with E-state index in [1.807, 2.05) is 17.0 Å². The van der Waals surface area contributed by atoms with Crippen molar-refractivity contribution in [2.45, 2.75) is 13.3 Å². The van der Waals surface area contributed by atoms with E-state index >= 15 is 0 Å². The van der Waals surface area contributed by atoms with Crippen molar-refractivity contribution >= 4 is 56.0 Å². The molecule has 0 radical (unpaired) electrons. The lowest BCUT2D eigenvalue weighted by molar-refractivity contribution is 0.0751. The highest BCUT2D eigenvalue weighted by atomic mass is 32.1. The van der Waals surface area contributed by atoms with Crippen LogP contribution in [0.25, 0.3) is 20.0 Å². The number of carbonyl (C=O) groups is 1. The maximum absolute atomic E-state index is 13.0. The van der Waals surface area contributed by atoms with E-state index in [0.29, 0.717) is 13.1 Å². The minimum atomic E-state index is 0.133. The molecule has 5 nitrogen and oxygen atoms in total. The first kappa shape index (κ1) is 18.7. The molecule has 8 heteroatoms. The highest BCUT2D eigenvalue weighted by molar-refractivity contribution is 7.22. The Balaban J connectivity index is 1.29. The fourth-order valence-corrected chi connectivity index (χ4v) is 6.34. The lowest BCUT2D eigenvalue weighted by Gasteiger charge is -2.35. The first-order valence-electron chi connectivity index (χ1n) is 9.64. The molecule has 0 N–H and O–H groups in total. The zero-order valence-electron chi connectivity index (χ0n) is 16.0. The molecular formula is C21H20N4OS3. The van der Waals surface area contributed by atoms with Gasteiger partial charge in [0.25, 0.3) is 5.91 Å². The molecule has 1 aliphatic rings. The van der Waals surface area contributed by atoms with Crippen molar-refractivity contribution in [3.05, 3.63) is 51.8 Å². The molecule has 1 amide bonds. The Hall–Kier alpha value is -2.29. The first-order valence-corrected chi connectivity index (χ1v) is 12.2. The maximum atomic E-state index is 13.0. The Morgan fingerprint density at radius 1 is 1.07 bits per heavy atom. The van der Waals surface area contributed by atoms with E-state index in [1.54, 1.807) is 40.3 Å². The summed E-state index contributed by atoms with van der Waals surface area (Å²) in [6, 6.07) is 10.4. The van der Waals surface area contributed by atoms with Gasteiger partial charge < -0.3 is 9.80 Å². The normalized spacial score (nSPS) is 14.7. The molecule has 5 heterocycles. The third-order valence-corrected chi connectivity index (χ3v) is 8.48. The van der Waals surface area contributed by atoms with Crippen LogP contribution >= 0.6 is 34.0 Å². The van der Waals surface area contributed by atoms with E-state index in [9.17, 15) is 4.79 Å². The maximum Gasteiger partial charge on any atom is 0.264 e. The van der Waals surface area contributed by atoms with Gasteiger partial charge in [0.15, 0.2) is 0 Å². The van der Waals surface area contributed by atoms with Gasteiger partial charge in [-0.25, -0.2) is 9.97 Å². The molecule has 29 heavy (non-hydrogen) atoms. The van der Waals surface area contributed by atoms with Crippen LogP contribution in [0.4, 0.5) is 5.82 Å². The molecule has 4 aromatic heterocycles. The second kappa shape index (κ2) is 7.85. The molecule has 4 aromatic rings. The average Bonchev–Trinajstić information content (AvgIpc) is 3.52. The number of rotatable bonds is 4. The van der Waals surface area contributed by atoms with Crippen LogP contribution in [0.2, 0.25) is 0 Å². The highest BCUT2D eigenvalue weighted by Crippen LogP contribution is 2.33. The van der Waals surface area contributed by atoms with Crippen molar-refractivity contribution in [3.8, 4) is 9.75 Å². The van der Waals surface area contributed by atoms with E-state index in [2.05, 4.69) is 45.4 Å². The van der Waals surface area contributed by atoms with Crippen molar-refractivity contribution in [3.63, 3.8) is 0 Å². The molecule has 0 aromatic carbocycles. The fourth-order valence-electron chi connectivity index (χ4n) is 3.60. The van der Waals surface area contributed by atoms with Crippen LogP contribution in [0.5, 0.6) is 0 Å². The van der Waals surface area contributed by atoms with Gasteiger partial charge in [0, 0.05) is 40.8 Å². The van der Waals surface area contributed by atoms with Gasteiger partial charge in [-0.05, 0) is 36.1 Å². The summed E-state index contributed by atoms with van der Waals surface area (Å²) in [5.41, 5.74) is 0. The van der Waals surface area contributed by atoms with Gasteiger partial charge in [0.05, 0.1) is 10.3 Å². The summed E-state index contributed by atoms with van der Waals surface area (Å²) in [5, 5.41) is 3.20. The number of fused-ring (bicyclic) bond motifs is 1. The van der Waals surface area contributed by atoms with Gasteiger partial charge in [-0.3, -0.25) is 4.79 Å². The lowest BCUT2D eigenvalue weighted by Crippen LogP contribution is -2.49. The predicted octanol–water partition coefficient (Wildman–Crippen LogP) is 5.01. The summed E-state index contributed by atoms with van der Waals surface area (Å²) in [5.74, 6) is 1.13. The lowest BCUT2D eigenvalue weighted by atomic mass is 10.2. The third-order valence-electron chi connectivity index (χ3n) is 5.16. The number of thiophene rings is 3. The molecule has 1 fully saturated rings. The van der Waals surface area contributed by atoms with Crippen LogP contribution in [-0.4, -0.2) is 47.0 Å². The number of carbonyl (C=O) groups excluding carboxylic acids is 1. The number of nitrogens with zero attached hydrogens (tertiary/aromatic N) is 4. The van der Waals surface area contributed by atoms with Crippen LogP contribution in [0.1, 0.15) is 21.5 Å². The monoisotopic (exact) mass is 440 g/mol. The minimum absolute atomic E-state index is 0.133. The van der Waals surface area contributed by atoms with Crippen molar-refractivity contribution in [1.29, 1.82) is 0 Å². The van der Waals surface area contributed by atoms with Crippen LogP contribution in [0.15, 0.2) is 42.0 Å². The molecule has 0 atom stereocenters. The van der Waals surface area contributed by atoms with Crippen LogP contribution in [0, 0.1) is 0 Å². The number of hydrogen-bond acceptors (Lipinski definition) is 7. The van der Waals surface area contributed by atoms with Crippen LogP contribution < -0.4 is 4.90 Å². The number of piperazine rings is 1. The van der Waals surface area contributed by atoms with Gasteiger partial charge in [0.1, 0.15) is 17.0 Å². The molecule has 1 aliphatic heterocycles. The summed E-state index contributed by atoms with van der Waals surface area (Å²) in [6.07, 6.45) is 2.67. The number of anilines is 1. The van der Waals surface area contributed by atoms with Crippen molar-refractivity contribution in [1.82, 2.24) is 14.9 Å². The summed E-state index contributed by atoms with van der Waals surface area (Å²) in [4.78, 5) is 31.8. The zero-order chi connectivity index (χ0) is 19.8. The predicted molar refractivity (Wildman–Crippen MR) is 123 cm³/mol. The molecule has 148 valence electrons. The van der Waals surface area contributed by atoms with Crippen molar-refractivity contribution in [2.75, 3.05) is 31.1 Å². The third kappa shape index (κ3) is 3.56. The smallest absolute Gasteiger partial charge is 0.264 e. The van der Waals surface area contributed by atoms with E-state index in [-0.39, 0.29) is 5.91 Å².